The fourth-order valence-electron chi connectivity index (χ4n) is 2.85. The average molecular weight is 320 g/mol. The van der Waals surface area contributed by atoms with Gasteiger partial charge in [0.05, 0.1) is 0 Å². The van der Waals surface area contributed by atoms with Gasteiger partial charge < -0.3 is 5.11 Å². The van der Waals surface area contributed by atoms with Gasteiger partial charge in [-0.25, -0.2) is 4.72 Å². The lowest BCUT2D eigenvalue weighted by Crippen LogP contribution is -2.48. The monoisotopic (exact) mass is 320 g/mol. The van der Waals surface area contributed by atoms with Gasteiger partial charge in [0, 0.05) is 26.1 Å². The number of nitrogens with one attached hydrogen (secondary N) is 1. The van der Waals surface area contributed by atoms with Crippen LogP contribution >= 0.6 is 0 Å². The summed E-state index contributed by atoms with van der Waals surface area (Å²) in [6.07, 6.45) is 4.35. The Bertz CT molecular complexity index is 415. The molecule has 2 N–H and O–H groups in total. The first-order valence-corrected chi connectivity index (χ1v) is 9.22. The van der Waals surface area contributed by atoms with Gasteiger partial charge in [0.15, 0.2) is 0 Å². The van der Waals surface area contributed by atoms with Crippen molar-refractivity contribution in [1.29, 1.82) is 0 Å². The van der Waals surface area contributed by atoms with E-state index in [1.54, 1.807) is 4.31 Å². The molecule has 1 saturated heterocycles. The second-order valence-corrected chi connectivity index (χ2v) is 7.98. The van der Waals surface area contributed by atoms with Crippen molar-refractivity contribution >= 4 is 16.2 Å². The standard InChI is InChI=1S/C14H28N2O4S/c1-12-9-13(2)11-16(10-12)21(19,20)15-8-6-4-3-5-7-14(17)18/h12-13,15H,3-11H2,1-2H3,(H,17,18). The highest BCUT2D eigenvalue weighted by Gasteiger charge is 2.29. The molecule has 0 bridgehead atoms. The number of carbonyl (C=O) groups is 1. The topological polar surface area (TPSA) is 86.7 Å². The van der Waals surface area contributed by atoms with E-state index in [-0.39, 0.29) is 6.42 Å². The van der Waals surface area contributed by atoms with E-state index in [0.717, 1.165) is 25.7 Å². The Morgan fingerprint density at radius 3 is 2.29 bits per heavy atom. The summed E-state index contributed by atoms with van der Waals surface area (Å²) >= 11 is 0. The Morgan fingerprint density at radius 1 is 1.14 bits per heavy atom. The predicted molar refractivity (Wildman–Crippen MR) is 82.2 cm³/mol. The molecule has 1 fully saturated rings. The van der Waals surface area contributed by atoms with Crippen LogP contribution in [0.5, 0.6) is 0 Å². The van der Waals surface area contributed by atoms with Crippen LogP contribution in [0.25, 0.3) is 0 Å². The summed E-state index contributed by atoms with van der Waals surface area (Å²) in [6.45, 7) is 5.78. The van der Waals surface area contributed by atoms with E-state index < -0.39 is 16.2 Å². The minimum absolute atomic E-state index is 0.190. The van der Waals surface area contributed by atoms with Crippen LogP contribution in [-0.2, 0) is 15.0 Å². The van der Waals surface area contributed by atoms with Gasteiger partial charge >= 0.3 is 5.97 Å². The minimum Gasteiger partial charge on any atom is -0.481 e. The maximum Gasteiger partial charge on any atom is 0.303 e. The van der Waals surface area contributed by atoms with Crippen LogP contribution in [0.1, 0.15) is 52.4 Å². The molecule has 0 aromatic carbocycles. The van der Waals surface area contributed by atoms with Crippen molar-refractivity contribution in [2.45, 2.75) is 52.4 Å². The molecule has 0 spiro atoms. The summed E-state index contributed by atoms with van der Waals surface area (Å²) in [6, 6.07) is 0. The number of piperidine rings is 1. The van der Waals surface area contributed by atoms with E-state index in [4.69, 9.17) is 5.11 Å². The highest BCUT2D eigenvalue weighted by molar-refractivity contribution is 7.87. The lowest BCUT2D eigenvalue weighted by molar-refractivity contribution is -0.137. The summed E-state index contributed by atoms with van der Waals surface area (Å²) in [5, 5.41) is 8.51. The molecular weight excluding hydrogens is 292 g/mol. The predicted octanol–water partition coefficient (Wildman–Crippen LogP) is 1.83. The van der Waals surface area contributed by atoms with Crippen molar-refractivity contribution in [1.82, 2.24) is 9.03 Å². The molecule has 0 radical (unpaired) electrons. The Morgan fingerprint density at radius 2 is 1.71 bits per heavy atom. The summed E-state index contributed by atoms with van der Waals surface area (Å²) < 4.78 is 28.6. The molecule has 0 amide bonds. The van der Waals surface area contributed by atoms with Crippen LogP contribution in [0.3, 0.4) is 0 Å². The van der Waals surface area contributed by atoms with Gasteiger partial charge in [0.1, 0.15) is 0 Å². The molecule has 0 aromatic heterocycles. The van der Waals surface area contributed by atoms with E-state index in [9.17, 15) is 13.2 Å². The molecule has 21 heavy (non-hydrogen) atoms. The number of carboxylic acid groups (broad SMARTS) is 1. The summed E-state index contributed by atoms with van der Waals surface area (Å²) in [7, 11) is -3.37. The van der Waals surface area contributed by atoms with Gasteiger partial charge in [-0.2, -0.15) is 12.7 Å². The number of carboxylic acids is 1. The molecule has 124 valence electrons. The maximum atomic E-state index is 12.2. The van der Waals surface area contributed by atoms with Crippen molar-refractivity contribution in [3.8, 4) is 0 Å². The maximum absolute atomic E-state index is 12.2. The number of aliphatic carboxylic acids is 1. The fraction of sp³-hybridized carbons (Fsp3) is 0.929. The molecule has 1 aliphatic rings. The largest absolute Gasteiger partial charge is 0.481 e. The lowest BCUT2D eigenvalue weighted by atomic mass is 9.94. The number of hydrogen-bond donors (Lipinski definition) is 2. The molecule has 2 unspecified atom stereocenters. The van der Waals surface area contributed by atoms with Gasteiger partial charge in [-0.15, -0.1) is 0 Å². The second-order valence-electron chi connectivity index (χ2n) is 6.22. The zero-order valence-electron chi connectivity index (χ0n) is 13.0. The zero-order valence-corrected chi connectivity index (χ0v) is 13.9. The van der Waals surface area contributed by atoms with Gasteiger partial charge in [0.2, 0.25) is 0 Å². The van der Waals surface area contributed by atoms with Gasteiger partial charge in [-0.05, 0) is 31.1 Å². The van der Waals surface area contributed by atoms with E-state index in [0.29, 0.717) is 37.9 Å². The lowest BCUT2D eigenvalue weighted by Gasteiger charge is -2.33. The van der Waals surface area contributed by atoms with Crippen LogP contribution in [0.15, 0.2) is 0 Å². The molecule has 7 heteroatoms. The number of rotatable bonds is 9. The van der Waals surface area contributed by atoms with Gasteiger partial charge in [0.25, 0.3) is 10.2 Å². The van der Waals surface area contributed by atoms with E-state index >= 15 is 0 Å². The molecule has 0 aromatic rings. The van der Waals surface area contributed by atoms with Crippen molar-refractivity contribution in [3.63, 3.8) is 0 Å². The third-order valence-corrected chi connectivity index (χ3v) is 5.32. The molecule has 1 heterocycles. The first-order chi connectivity index (χ1) is 9.81. The molecule has 0 aliphatic carbocycles. The highest BCUT2D eigenvalue weighted by Crippen LogP contribution is 2.22. The third kappa shape index (κ3) is 7.24. The third-order valence-electron chi connectivity index (χ3n) is 3.78. The summed E-state index contributed by atoms with van der Waals surface area (Å²) in [5.41, 5.74) is 0. The Labute approximate surface area is 128 Å². The second kappa shape index (κ2) is 8.70. The quantitative estimate of drug-likeness (QED) is 0.635. The van der Waals surface area contributed by atoms with Crippen LogP contribution < -0.4 is 4.72 Å². The number of unbranched alkanes of at least 4 members (excludes halogenated alkanes) is 3. The van der Waals surface area contributed by atoms with Crippen LogP contribution in [0.4, 0.5) is 0 Å². The van der Waals surface area contributed by atoms with E-state index in [1.807, 2.05) is 0 Å². The van der Waals surface area contributed by atoms with Crippen molar-refractivity contribution in [3.05, 3.63) is 0 Å². The molecule has 1 aliphatic heterocycles. The summed E-state index contributed by atoms with van der Waals surface area (Å²) in [4.78, 5) is 10.4. The Kier molecular flexibility index (Phi) is 7.62. The molecule has 0 saturated carbocycles. The highest BCUT2D eigenvalue weighted by atomic mass is 32.2. The molecule has 1 rings (SSSR count). The first-order valence-electron chi connectivity index (χ1n) is 7.78. The average Bonchev–Trinajstić information content (AvgIpc) is 2.36. The zero-order chi connectivity index (χ0) is 15.9. The van der Waals surface area contributed by atoms with Crippen LogP contribution in [0.2, 0.25) is 0 Å². The number of nitrogens with zero attached hydrogens (tertiary/aromatic N) is 1. The van der Waals surface area contributed by atoms with E-state index in [2.05, 4.69) is 18.6 Å². The fourth-order valence-corrected chi connectivity index (χ4v) is 4.34. The molecular formula is C14H28N2O4S. The van der Waals surface area contributed by atoms with Gasteiger partial charge in [-0.1, -0.05) is 26.7 Å². The molecule has 2 atom stereocenters. The normalized spacial score (nSPS) is 24.1. The summed E-state index contributed by atoms with van der Waals surface area (Å²) in [5.74, 6) is 0.0340. The minimum atomic E-state index is -3.37. The first kappa shape index (κ1) is 18.4. The van der Waals surface area contributed by atoms with E-state index in [1.165, 1.54) is 0 Å². The van der Waals surface area contributed by atoms with Crippen LogP contribution in [-0.4, -0.2) is 43.4 Å². The number of hydrogen-bond acceptors (Lipinski definition) is 3. The smallest absolute Gasteiger partial charge is 0.303 e. The SMILES string of the molecule is CC1CC(C)CN(S(=O)(=O)NCCCCCCC(=O)O)C1. The van der Waals surface area contributed by atoms with Crippen LogP contribution in [0, 0.1) is 11.8 Å². The Hall–Kier alpha value is -0.660. The Balaban J connectivity index is 2.22. The van der Waals surface area contributed by atoms with Crippen molar-refractivity contribution in [2.75, 3.05) is 19.6 Å². The van der Waals surface area contributed by atoms with Crippen molar-refractivity contribution in [2.24, 2.45) is 11.8 Å². The molecule has 6 nitrogen and oxygen atoms in total. The van der Waals surface area contributed by atoms with Crippen molar-refractivity contribution < 1.29 is 18.3 Å². The van der Waals surface area contributed by atoms with Gasteiger partial charge in [-0.3, -0.25) is 4.79 Å².